The molecule has 140 valence electrons. The fourth-order valence-corrected chi connectivity index (χ4v) is 2.91. The molecule has 1 heterocycles. The van der Waals surface area contributed by atoms with Crippen LogP contribution in [0.2, 0.25) is 0 Å². The number of halogens is 4. The number of hydrogen-bond acceptors (Lipinski definition) is 4. The number of nitrogens with zero attached hydrogens (tertiary/aromatic N) is 3. The van der Waals surface area contributed by atoms with Gasteiger partial charge in [0.2, 0.25) is 5.62 Å². The Bertz CT molecular complexity index is 1060. The van der Waals surface area contributed by atoms with E-state index in [9.17, 15) is 17.6 Å². The first-order chi connectivity index (χ1) is 12.8. The van der Waals surface area contributed by atoms with Gasteiger partial charge in [-0.2, -0.15) is 4.98 Å². The van der Waals surface area contributed by atoms with Crippen molar-refractivity contribution in [3.05, 3.63) is 59.2 Å². The maximum Gasteiger partial charge on any atom is 0.256 e. The van der Waals surface area contributed by atoms with Crippen molar-refractivity contribution in [3.63, 3.8) is 0 Å². The molecule has 0 bridgehead atoms. The summed E-state index contributed by atoms with van der Waals surface area (Å²) in [5, 5.41) is 15.3. The van der Waals surface area contributed by atoms with Gasteiger partial charge in [0, 0.05) is 5.69 Å². The standard InChI is InChI=1S/C18H15F4N5/c1-10-5-11(19)7-12(6-10)26(8-15(21)22)17-16-13(20)3-2-4-14(16)27(9-23)18(24)25-17/h2-7,9,15,23-24H,8H2,1H3. The molecule has 0 fully saturated rings. The van der Waals surface area contributed by atoms with Gasteiger partial charge in [-0.1, -0.05) is 6.07 Å². The first kappa shape index (κ1) is 18.6. The van der Waals surface area contributed by atoms with Crippen LogP contribution in [0.1, 0.15) is 5.56 Å². The number of alkyl halides is 2. The van der Waals surface area contributed by atoms with Gasteiger partial charge in [0.15, 0.2) is 0 Å². The molecule has 5 nitrogen and oxygen atoms in total. The molecule has 0 unspecified atom stereocenters. The van der Waals surface area contributed by atoms with Gasteiger partial charge in [-0.05, 0) is 42.8 Å². The van der Waals surface area contributed by atoms with E-state index in [0.29, 0.717) is 5.56 Å². The van der Waals surface area contributed by atoms with Gasteiger partial charge in [-0.25, -0.2) is 17.6 Å². The second-order valence-electron chi connectivity index (χ2n) is 5.88. The molecule has 9 heteroatoms. The number of fused-ring (bicyclic) bond motifs is 1. The largest absolute Gasteiger partial charge is 0.320 e. The Morgan fingerprint density at radius 1 is 1.22 bits per heavy atom. The average Bonchev–Trinajstić information content (AvgIpc) is 2.58. The molecule has 0 saturated carbocycles. The zero-order valence-electron chi connectivity index (χ0n) is 14.2. The molecule has 2 aromatic carbocycles. The van der Waals surface area contributed by atoms with E-state index in [1.807, 2.05) is 0 Å². The maximum atomic E-state index is 14.6. The summed E-state index contributed by atoms with van der Waals surface area (Å²) in [6, 6.07) is 7.71. The molecule has 0 aliphatic rings. The van der Waals surface area contributed by atoms with Crippen LogP contribution < -0.4 is 10.5 Å². The molecule has 0 saturated heterocycles. The minimum absolute atomic E-state index is 0.0665. The van der Waals surface area contributed by atoms with Crippen LogP contribution in [0.4, 0.5) is 29.1 Å². The molecule has 0 aliphatic heterocycles. The maximum absolute atomic E-state index is 14.6. The molecule has 3 aromatic rings. The van der Waals surface area contributed by atoms with Gasteiger partial charge in [0.1, 0.15) is 17.5 Å². The van der Waals surface area contributed by atoms with Crippen molar-refractivity contribution in [1.82, 2.24) is 9.55 Å². The fraction of sp³-hybridized carbons (Fsp3) is 0.167. The molecule has 1 aromatic heterocycles. The van der Waals surface area contributed by atoms with E-state index in [4.69, 9.17) is 10.8 Å². The minimum Gasteiger partial charge on any atom is -0.320 e. The van der Waals surface area contributed by atoms with Crippen LogP contribution in [0.5, 0.6) is 0 Å². The Morgan fingerprint density at radius 2 is 1.96 bits per heavy atom. The molecule has 0 spiro atoms. The number of rotatable bonds is 5. The summed E-state index contributed by atoms with van der Waals surface area (Å²) < 4.78 is 56.0. The first-order valence-corrected chi connectivity index (χ1v) is 7.90. The van der Waals surface area contributed by atoms with Crippen molar-refractivity contribution in [2.75, 3.05) is 11.4 Å². The van der Waals surface area contributed by atoms with Gasteiger partial charge in [0.25, 0.3) is 6.43 Å². The van der Waals surface area contributed by atoms with Crippen molar-refractivity contribution in [3.8, 4) is 0 Å². The minimum atomic E-state index is -2.82. The molecule has 27 heavy (non-hydrogen) atoms. The second kappa shape index (κ2) is 7.18. The highest BCUT2D eigenvalue weighted by molar-refractivity contribution is 5.94. The van der Waals surface area contributed by atoms with E-state index >= 15 is 0 Å². The molecule has 0 aliphatic carbocycles. The van der Waals surface area contributed by atoms with Crippen LogP contribution in [0, 0.1) is 29.4 Å². The van der Waals surface area contributed by atoms with Crippen molar-refractivity contribution >= 4 is 28.7 Å². The molecular formula is C18H15F4N5. The first-order valence-electron chi connectivity index (χ1n) is 7.90. The lowest BCUT2D eigenvalue weighted by atomic mass is 10.1. The van der Waals surface area contributed by atoms with E-state index in [2.05, 4.69) is 4.98 Å². The van der Waals surface area contributed by atoms with E-state index in [-0.39, 0.29) is 22.4 Å². The third-order valence-corrected chi connectivity index (χ3v) is 3.96. The van der Waals surface area contributed by atoms with Crippen molar-refractivity contribution < 1.29 is 17.6 Å². The number of nitrogens with one attached hydrogen (secondary N) is 2. The number of hydrogen-bond donors (Lipinski definition) is 2. The Labute approximate surface area is 151 Å². The van der Waals surface area contributed by atoms with Crippen molar-refractivity contribution in [1.29, 1.82) is 10.8 Å². The lowest BCUT2D eigenvalue weighted by molar-refractivity contribution is 0.157. The van der Waals surface area contributed by atoms with Gasteiger partial charge >= 0.3 is 0 Å². The lowest BCUT2D eigenvalue weighted by Gasteiger charge is -2.26. The quantitative estimate of drug-likeness (QED) is 0.401. The highest BCUT2D eigenvalue weighted by Crippen LogP contribution is 2.32. The summed E-state index contributed by atoms with van der Waals surface area (Å²) in [6.45, 7) is 0.733. The van der Waals surface area contributed by atoms with Crippen LogP contribution in [0.15, 0.2) is 36.4 Å². The summed E-state index contributed by atoms with van der Waals surface area (Å²) in [4.78, 5) is 4.92. The number of aromatic nitrogens is 2. The predicted octanol–water partition coefficient (Wildman–Crippen LogP) is 3.96. The average molecular weight is 377 g/mol. The molecule has 0 amide bonds. The van der Waals surface area contributed by atoms with Crippen LogP contribution in [0.25, 0.3) is 10.9 Å². The third kappa shape index (κ3) is 3.53. The zero-order valence-corrected chi connectivity index (χ0v) is 14.2. The highest BCUT2D eigenvalue weighted by Gasteiger charge is 2.23. The molecular weight excluding hydrogens is 362 g/mol. The molecule has 0 radical (unpaired) electrons. The summed E-state index contributed by atoms with van der Waals surface area (Å²) in [5.41, 5.74) is 0.236. The third-order valence-electron chi connectivity index (χ3n) is 3.96. The van der Waals surface area contributed by atoms with Gasteiger partial charge in [0.05, 0.1) is 23.8 Å². The van der Waals surface area contributed by atoms with Gasteiger partial charge in [-0.3, -0.25) is 15.4 Å². The Hall–Kier alpha value is -3.23. The normalized spacial score (nSPS) is 11.2. The monoisotopic (exact) mass is 377 g/mol. The Morgan fingerprint density at radius 3 is 2.59 bits per heavy atom. The van der Waals surface area contributed by atoms with Gasteiger partial charge < -0.3 is 4.90 Å². The number of anilines is 2. The lowest BCUT2D eigenvalue weighted by Crippen LogP contribution is -2.31. The molecule has 0 atom stereocenters. The second-order valence-corrected chi connectivity index (χ2v) is 5.88. The van der Waals surface area contributed by atoms with Crippen LogP contribution >= 0.6 is 0 Å². The fourth-order valence-electron chi connectivity index (χ4n) is 2.91. The predicted molar refractivity (Wildman–Crippen MR) is 93.9 cm³/mol. The van der Waals surface area contributed by atoms with Crippen LogP contribution in [-0.2, 0) is 0 Å². The van der Waals surface area contributed by atoms with Crippen molar-refractivity contribution in [2.24, 2.45) is 0 Å². The zero-order chi connectivity index (χ0) is 19.7. The van der Waals surface area contributed by atoms with E-state index < -0.39 is 30.2 Å². The van der Waals surface area contributed by atoms with Crippen LogP contribution in [-0.4, -0.2) is 28.9 Å². The molecule has 2 N–H and O–H groups in total. The SMILES string of the molecule is Cc1cc(F)cc(N(CC(F)F)c2nc(=N)n(C=N)c3cccc(F)c23)c1. The van der Waals surface area contributed by atoms with E-state index in [0.717, 1.165) is 27.9 Å². The summed E-state index contributed by atoms with van der Waals surface area (Å²) in [7, 11) is 0. The summed E-state index contributed by atoms with van der Waals surface area (Å²) in [5.74, 6) is -1.62. The Kier molecular flexibility index (Phi) is 4.93. The van der Waals surface area contributed by atoms with Gasteiger partial charge in [-0.15, -0.1) is 0 Å². The van der Waals surface area contributed by atoms with E-state index in [1.165, 1.54) is 24.3 Å². The Balaban J connectivity index is 2.37. The summed E-state index contributed by atoms with van der Waals surface area (Å²) in [6.07, 6.45) is -2.04. The highest BCUT2D eigenvalue weighted by atomic mass is 19.3. The van der Waals surface area contributed by atoms with E-state index in [1.54, 1.807) is 6.92 Å². The smallest absolute Gasteiger partial charge is 0.256 e. The number of benzene rings is 2. The molecule has 3 rings (SSSR count). The van der Waals surface area contributed by atoms with Crippen LogP contribution in [0.3, 0.4) is 0 Å². The number of aryl methyl sites for hydroxylation is 1. The van der Waals surface area contributed by atoms with Crippen molar-refractivity contribution in [2.45, 2.75) is 13.3 Å². The summed E-state index contributed by atoms with van der Waals surface area (Å²) >= 11 is 0. The topological polar surface area (TPSA) is 68.8 Å².